The van der Waals surface area contributed by atoms with Crippen LogP contribution < -0.4 is 10.1 Å². The van der Waals surface area contributed by atoms with Crippen LogP contribution in [0.3, 0.4) is 0 Å². The second-order valence-corrected chi connectivity index (χ2v) is 6.37. The highest BCUT2D eigenvalue weighted by atomic mass is 16.5. The average Bonchev–Trinajstić information content (AvgIpc) is 3.39. The second kappa shape index (κ2) is 6.95. The third kappa shape index (κ3) is 3.88. The van der Waals surface area contributed by atoms with Gasteiger partial charge in [-0.1, -0.05) is 29.8 Å². The van der Waals surface area contributed by atoms with Gasteiger partial charge in [0.15, 0.2) is 0 Å². The topological polar surface area (TPSA) is 47.6 Å². The van der Waals surface area contributed by atoms with Crippen LogP contribution in [0.4, 0.5) is 10.5 Å². The third-order valence-corrected chi connectivity index (χ3v) is 4.32. The Labute approximate surface area is 142 Å². The molecule has 0 bridgehead atoms. The predicted molar refractivity (Wildman–Crippen MR) is 94.7 cm³/mol. The van der Waals surface area contributed by atoms with Crippen LogP contribution in [0.25, 0.3) is 0 Å². The lowest BCUT2D eigenvalue weighted by molar-refractivity contribution is 0.187. The molecule has 0 saturated heterocycles. The Morgan fingerprint density at radius 1 is 1.17 bits per heavy atom. The van der Waals surface area contributed by atoms with Gasteiger partial charge >= 0.3 is 6.09 Å². The fourth-order valence-corrected chi connectivity index (χ4v) is 2.78. The molecule has 0 aromatic heterocycles. The van der Waals surface area contributed by atoms with Crippen molar-refractivity contribution in [2.24, 2.45) is 0 Å². The maximum atomic E-state index is 11.6. The summed E-state index contributed by atoms with van der Waals surface area (Å²) in [6.07, 6.45) is 1.97. The number of ether oxygens (including phenoxy) is 2. The lowest BCUT2D eigenvalue weighted by Gasteiger charge is -2.15. The number of nitrogens with one attached hydrogen (secondary N) is 1. The first-order chi connectivity index (χ1) is 11.6. The van der Waals surface area contributed by atoms with Gasteiger partial charge in [0.05, 0.1) is 12.8 Å². The molecule has 0 heterocycles. The van der Waals surface area contributed by atoms with Gasteiger partial charge in [0.25, 0.3) is 0 Å². The fraction of sp³-hybridized carbons (Fsp3) is 0.350. The molecular formula is C20H23NO3. The molecule has 1 fully saturated rings. The molecule has 24 heavy (non-hydrogen) atoms. The summed E-state index contributed by atoms with van der Waals surface area (Å²) < 4.78 is 10.7. The fourth-order valence-electron chi connectivity index (χ4n) is 2.78. The van der Waals surface area contributed by atoms with Crippen molar-refractivity contribution >= 4 is 11.8 Å². The number of benzene rings is 2. The number of hydrogen-bond acceptors (Lipinski definition) is 3. The number of hydrogen-bond donors (Lipinski definition) is 1. The Morgan fingerprint density at radius 2 is 1.96 bits per heavy atom. The highest BCUT2D eigenvalue weighted by Crippen LogP contribution is 2.41. The minimum absolute atomic E-state index is 0.397. The van der Waals surface area contributed by atoms with E-state index in [2.05, 4.69) is 24.4 Å². The lowest BCUT2D eigenvalue weighted by Crippen LogP contribution is -2.13. The monoisotopic (exact) mass is 325 g/mol. The van der Waals surface area contributed by atoms with Gasteiger partial charge in [0.2, 0.25) is 0 Å². The van der Waals surface area contributed by atoms with Crippen molar-refractivity contribution in [1.82, 2.24) is 0 Å². The zero-order chi connectivity index (χ0) is 17.1. The number of aryl methyl sites for hydroxylation is 2. The molecule has 1 aliphatic carbocycles. The number of rotatable bonds is 5. The summed E-state index contributed by atoms with van der Waals surface area (Å²) in [4.78, 5) is 11.6. The van der Waals surface area contributed by atoms with Crippen LogP contribution in [0.15, 0.2) is 36.4 Å². The van der Waals surface area contributed by atoms with Gasteiger partial charge in [-0.25, -0.2) is 4.79 Å². The third-order valence-electron chi connectivity index (χ3n) is 4.32. The van der Waals surface area contributed by atoms with E-state index in [-0.39, 0.29) is 0 Å². The molecule has 0 atom stereocenters. The number of carbonyl (C=O) groups is 1. The Morgan fingerprint density at radius 3 is 2.62 bits per heavy atom. The summed E-state index contributed by atoms with van der Waals surface area (Å²) in [5.41, 5.74) is 5.27. The zero-order valence-corrected chi connectivity index (χ0v) is 14.4. The Bertz CT molecular complexity index is 751. The van der Waals surface area contributed by atoms with Gasteiger partial charge in [-0.15, -0.1) is 0 Å². The maximum Gasteiger partial charge on any atom is 0.411 e. The summed E-state index contributed by atoms with van der Waals surface area (Å²) in [6, 6.07) is 12.3. The quantitative estimate of drug-likeness (QED) is 0.847. The molecule has 126 valence electrons. The zero-order valence-electron chi connectivity index (χ0n) is 14.4. The minimum atomic E-state index is -0.462. The van der Waals surface area contributed by atoms with Crippen LogP contribution in [-0.4, -0.2) is 13.2 Å². The van der Waals surface area contributed by atoms with E-state index in [0.29, 0.717) is 12.5 Å². The van der Waals surface area contributed by atoms with Crippen LogP contribution >= 0.6 is 0 Å². The second-order valence-electron chi connectivity index (χ2n) is 6.37. The van der Waals surface area contributed by atoms with Crippen LogP contribution in [0.5, 0.6) is 5.75 Å². The van der Waals surface area contributed by atoms with Crippen molar-refractivity contribution in [2.45, 2.75) is 39.2 Å². The number of anilines is 1. The smallest absolute Gasteiger partial charge is 0.411 e. The van der Waals surface area contributed by atoms with Crippen molar-refractivity contribution in [3.8, 4) is 5.75 Å². The summed E-state index contributed by atoms with van der Waals surface area (Å²) in [7, 11) is 1.37. The first-order valence-corrected chi connectivity index (χ1v) is 8.24. The summed E-state index contributed by atoms with van der Waals surface area (Å²) in [5.74, 6) is 1.48. The first-order valence-electron chi connectivity index (χ1n) is 8.24. The normalized spacial score (nSPS) is 13.5. The van der Waals surface area contributed by atoms with E-state index >= 15 is 0 Å². The van der Waals surface area contributed by atoms with E-state index in [1.165, 1.54) is 31.1 Å². The van der Waals surface area contributed by atoms with Crippen molar-refractivity contribution < 1.29 is 14.3 Å². The van der Waals surface area contributed by atoms with Gasteiger partial charge in [0, 0.05) is 5.56 Å². The van der Waals surface area contributed by atoms with E-state index in [4.69, 9.17) is 9.47 Å². The largest absolute Gasteiger partial charge is 0.489 e. The summed E-state index contributed by atoms with van der Waals surface area (Å²) >= 11 is 0. The minimum Gasteiger partial charge on any atom is -0.489 e. The number of methoxy groups -OCH3 is 1. The van der Waals surface area contributed by atoms with Crippen LogP contribution in [0.1, 0.15) is 41.0 Å². The molecule has 1 saturated carbocycles. The highest BCUT2D eigenvalue weighted by molar-refractivity contribution is 5.85. The summed E-state index contributed by atoms with van der Waals surface area (Å²) in [6.45, 7) is 4.49. The molecule has 2 aromatic carbocycles. The molecule has 1 aliphatic rings. The van der Waals surface area contributed by atoms with Gasteiger partial charge in [0.1, 0.15) is 12.4 Å². The molecule has 2 aromatic rings. The van der Waals surface area contributed by atoms with Crippen LogP contribution in [0.2, 0.25) is 0 Å². The maximum absolute atomic E-state index is 11.6. The molecule has 0 unspecified atom stereocenters. The molecule has 3 rings (SSSR count). The highest BCUT2D eigenvalue weighted by Gasteiger charge is 2.24. The van der Waals surface area contributed by atoms with E-state index < -0.39 is 6.09 Å². The van der Waals surface area contributed by atoms with Crippen molar-refractivity contribution in [3.63, 3.8) is 0 Å². The lowest BCUT2D eigenvalue weighted by atomic mass is 10.1. The Balaban J connectivity index is 1.79. The van der Waals surface area contributed by atoms with E-state index in [9.17, 15) is 4.79 Å². The molecule has 0 radical (unpaired) electrons. The molecule has 1 N–H and O–H groups in total. The Kier molecular flexibility index (Phi) is 4.74. The van der Waals surface area contributed by atoms with Gasteiger partial charge in [-0.05, 0) is 55.9 Å². The van der Waals surface area contributed by atoms with Crippen LogP contribution in [0, 0.1) is 13.8 Å². The molecular weight excluding hydrogens is 302 g/mol. The first kappa shape index (κ1) is 16.4. The average molecular weight is 325 g/mol. The SMILES string of the molecule is COC(=O)Nc1cc(C2CC2)ccc1COc1ccc(C)cc1C. The van der Waals surface area contributed by atoms with Crippen LogP contribution in [-0.2, 0) is 11.3 Å². The van der Waals surface area contributed by atoms with Crippen molar-refractivity contribution in [2.75, 3.05) is 12.4 Å². The molecule has 0 aliphatic heterocycles. The van der Waals surface area contributed by atoms with Gasteiger partial charge in [-0.2, -0.15) is 0 Å². The van der Waals surface area contributed by atoms with Crippen molar-refractivity contribution in [1.29, 1.82) is 0 Å². The standard InChI is InChI=1S/C20H23NO3/c1-13-4-9-19(14(2)10-13)24-12-17-8-7-16(15-5-6-15)11-18(17)21-20(22)23-3/h4,7-11,15H,5-6,12H2,1-3H3,(H,21,22). The van der Waals surface area contributed by atoms with Gasteiger partial charge < -0.3 is 9.47 Å². The Hall–Kier alpha value is -2.49. The predicted octanol–water partition coefficient (Wildman–Crippen LogP) is 4.94. The number of amides is 1. The van der Waals surface area contributed by atoms with E-state index in [1.807, 2.05) is 31.2 Å². The molecule has 0 spiro atoms. The summed E-state index contributed by atoms with van der Waals surface area (Å²) in [5, 5.41) is 2.80. The molecule has 1 amide bonds. The molecule has 4 nitrogen and oxygen atoms in total. The number of carbonyl (C=O) groups excluding carboxylic acids is 1. The van der Waals surface area contributed by atoms with Crippen molar-refractivity contribution in [3.05, 3.63) is 58.7 Å². The van der Waals surface area contributed by atoms with E-state index in [0.717, 1.165) is 22.6 Å². The van der Waals surface area contributed by atoms with Gasteiger partial charge in [-0.3, -0.25) is 5.32 Å². The van der Waals surface area contributed by atoms with E-state index in [1.54, 1.807) is 0 Å². The molecule has 4 heteroatoms.